The third kappa shape index (κ3) is 5.65. The van der Waals surface area contributed by atoms with Crippen LogP contribution in [0.5, 0.6) is 0 Å². The first-order chi connectivity index (χ1) is 10.3. The van der Waals surface area contributed by atoms with Crippen molar-refractivity contribution >= 4 is 17.9 Å². The van der Waals surface area contributed by atoms with E-state index in [1.165, 1.54) is 24.3 Å². The summed E-state index contributed by atoms with van der Waals surface area (Å²) in [5, 5.41) is 3.76. The maximum Gasteiger partial charge on any atom is 0.410 e. The number of thioether (sulfide) groups is 1. The normalized spacial score (nSPS) is 25.3. The van der Waals surface area contributed by atoms with E-state index in [0.717, 1.165) is 25.8 Å². The molecule has 2 unspecified atom stereocenters. The van der Waals surface area contributed by atoms with Crippen LogP contribution >= 0.6 is 11.8 Å². The van der Waals surface area contributed by atoms with Crippen molar-refractivity contribution in [3.05, 3.63) is 0 Å². The number of nitrogens with zero attached hydrogens (tertiary/aromatic N) is 1. The Hall–Kier alpha value is -0.420. The summed E-state index contributed by atoms with van der Waals surface area (Å²) >= 11 is 2.06. The molecule has 0 aromatic rings. The van der Waals surface area contributed by atoms with Gasteiger partial charge in [-0.05, 0) is 71.3 Å². The molecule has 128 valence electrons. The lowest BCUT2D eigenvalue weighted by molar-refractivity contribution is 0.0214. The maximum atomic E-state index is 12.3. The molecule has 22 heavy (non-hydrogen) atoms. The summed E-state index contributed by atoms with van der Waals surface area (Å²) in [6, 6.07) is 1.45. The molecule has 0 aromatic carbocycles. The predicted molar refractivity (Wildman–Crippen MR) is 93.5 cm³/mol. The Morgan fingerprint density at radius 3 is 2.64 bits per heavy atom. The first-order valence-corrected chi connectivity index (χ1v) is 9.84. The molecular weight excluding hydrogens is 296 g/mol. The van der Waals surface area contributed by atoms with E-state index in [1.807, 2.05) is 25.7 Å². The second-order valence-corrected chi connectivity index (χ2v) is 8.88. The minimum atomic E-state index is -0.409. The van der Waals surface area contributed by atoms with Gasteiger partial charge >= 0.3 is 6.09 Å². The van der Waals surface area contributed by atoms with Crippen molar-refractivity contribution in [2.45, 2.75) is 83.5 Å². The first kappa shape index (κ1) is 17.9. The van der Waals surface area contributed by atoms with Crippen LogP contribution < -0.4 is 5.32 Å². The fourth-order valence-electron chi connectivity index (χ4n) is 3.38. The number of rotatable bonds is 4. The summed E-state index contributed by atoms with van der Waals surface area (Å²) in [6.45, 7) is 8.89. The van der Waals surface area contributed by atoms with E-state index in [-0.39, 0.29) is 6.09 Å². The minimum Gasteiger partial charge on any atom is -0.444 e. The zero-order valence-corrected chi connectivity index (χ0v) is 15.4. The van der Waals surface area contributed by atoms with Gasteiger partial charge in [0.2, 0.25) is 0 Å². The Labute approximate surface area is 139 Å². The third-order valence-corrected chi connectivity index (χ3v) is 5.42. The van der Waals surface area contributed by atoms with Gasteiger partial charge in [-0.15, -0.1) is 0 Å². The van der Waals surface area contributed by atoms with Crippen LogP contribution in [0.4, 0.5) is 4.79 Å². The molecule has 2 heterocycles. The van der Waals surface area contributed by atoms with Gasteiger partial charge in [-0.25, -0.2) is 4.79 Å². The number of likely N-dealkylation sites (tertiary alicyclic amines) is 1. The van der Waals surface area contributed by atoms with Gasteiger partial charge in [0.15, 0.2) is 0 Å². The summed E-state index contributed by atoms with van der Waals surface area (Å²) in [7, 11) is 0. The van der Waals surface area contributed by atoms with Gasteiger partial charge in [-0.1, -0.05) is 0 Å². The van der Waals surface area contributed by atoms with Gasteiger partial charge in [0.05, 0.1) is 0 Å². The van der Waals surface area contributed by atoms with Crippen LogP contribution in [0.25, 0.3) is 0 Å². The van der Waals surface area contributed by atoms with Crippen molar-refractivity contribution in [2.24, 2.45) is 0 Å². The fraction of sp³-hybridized carbons (Fsp3) is 0.941. The molecule has 0 aliphatic carbocycles. The zero-order chi connectivity index (χ0) is 16.2. The van der Waals surface area contributed by atoms with Crippen LogP contribution in [-0.4, -0.2) is 52.8 Å². The zero-order valence-electron chi connectivity index (χ0n) is 14.6. The van der Waals surface area contributed by atoms with Gasteiger partial charge in [0, 0.05) is 24.7 Å². The Morgan fingerprint density at radius 2 is 2.00 bits per heavy atom. The summed E-state index contributed by atoms with van der Waals surface area (Å²) in [5.41, 5.74) is -0.409. The number of hydrogen-bond donors (Lipinski definition) is 1. The highest BCUT2D eigenvalue weighted by atomic mass is 32.2. The van der Waals surface area contributed by atoms with Gasteiger partial charge in [0.1, 0.15) is 5.60 Å². The van der Waals surface area contributed by atoms with E-state index in [9.17, 15) is 4.79 Å². The number of amides is 1. The second-order valence-electron chi connectivity index (χ2n) is 7.66. The van der Waals surface area contributed by atoms with Gasteiger partial charge in [-0.3, -0.25) is 0 Å². The molecule has 2 rings (SSSR count). The van der Waals surface area contributed by atoms with E-state index in [0.29, 0.717) is 18.1 Å². The molecule has 0 spiro atoms. The monoisotopic (exact) mass is 328 g/mol. The van der Waals surface area contributed by atoms with Gasteiger partial charge in [-0.2, -0.15) is 11.8 Å². The average Bonchev–Trinajstić information content (AvgIpc) is 2.86. The molecule has 0 radical (unpaired) electrons. The molecule has 1 amide bonds. The molecule has 2 aliphatic heterocycles. The number of hydrogen-bond acceptors (Lipinski definition) is 4. The van der Waals surface area contributed by atoms with Crippen molar-refractivity contribution in [3.8, 4) is 0 Å². The quantitative estimate of drug-likeness (QED) is 0.855. The SMILES string of the molecule is CC(CC1CCCN1C(=O)OC(C)(C)C)NC1CCSCC1. The number of nitrogens with one attached hydrogen (secondary N) is 1. The molecule has 2 aliphatic rings. The maximum absolute atomic E-state index is 12.3. The van der Waals surface area contributed by atoms with E-state index in [4.69, 9.17) is 4.74 Å². The molecule has 0 saturated carbocycles. The summed E-state index contributed by atoms with van der Waals surface area (Å²) in [6.07, 6.45) is 5.63. The molecule has 5 heteroatoms. The van der Waals surface area contributed by atoms with Gasteiger partial charge in [0.25, 0.3) is 0 Å². The highest BCUT2D eigenvalue weighted by molar-refractivity contribution is 7.99. The van der Waals surface area contributed by atoms with E-state index >= 15 is 0 Å². The van der Waals surface area contributed by atoms with E-state index < -0.39 is 5.60 Å². The summed E-state index contributed by atoms with van der Waals surface area (Å²) in [4.78, 5) is 14.3. The van der Waals surface area contributed by atoms with Crippen molar-refractivity contribution < 1.29 is 9.53 Å². The van der Waals surface area contributed by atoms with Crippen LogP contribution in [0.2, 0.25) is 0 Å². The number of carbonyl (C=O) groups excluding carboxylic acids is 1. The molecule has 0 bridgehead atoms. The molecule has 2 fully saturated rings. The first-order valence-electron chi connectivity index (χ1n) is 8.68. The highest BCUT2D eigenvalue weighted by Gasteiger charge is 2.33. The van der Waals surface area contributed by atoms with Crippen molar-refractivity contribution in [2.75, 3.05) is 18.1 Å². The van der Waals surface area contributed by atoms with Gasteiger partial charge < -0.3 is 15.0 Å². The largest absolute Gasteiger partial charge is 0.444 e. The summed E-state index contributed by atoms with van der Waals surface area (Å²) < 4.78 is 5.55. The number of carbonyl (C=O) groups is 1. The molecule has 2 saturated heterocycles. The Morgan fingerprint density at radius 1 is 1.32 bits per heavy atom. The third-order valence-electron chi connectivity index (χ3n) is 4.37. The van der Waals surface area contributed by atoms with Crippen LogP contribution in [0.1, 0.15) is 59.8 Å². The Balaban J connectivity index is 1.81. The van der Waals surface area contributed by atoms with Crippen molar-refractivity contribution in [3.63, 3.8) is 0 Å². The predicted octanol–water partition coefficient (Wildman–Crippen LogP) is 3.65. The Bertz CT molecular complexity index is 364. The van der Waals surface area contributed by atoms with Crippen LogP contribution in [0.3, 0.4) is 0 Å². The molecule has 4 nitrogen and oxygen atoms in total. The lowest BCUT2D eigenvalue weighted by Crippen LogP contribution is -2.45. The molecular formula is C17H32N2O2S. The highest BCUT2D eigenvalue weighted by Crippen LogP contribution is 2.25. The average molecular weight is 329 g/mol. The van der Waals surface area contributed by atoms with Crippen LogP contribution in [0.15, 0.2) is 0 Å². The Kier molecular flexibility index (Phi) is 6.45. The summed E-state index contributed by atoms with van der Waals surface area (Å²) in [5.74, 6) is 2.55. The minimum absolute atomic E-state index is 0.142. The number of ether oxygens (including phenoxy) is 1. The lowest BCUT2D eigenvalue weighted by atomic mass is 10.0. The molecule has 1 N–H and O–H groups in total. The van der Waals surface area contributed by atoms with Crippen molar-refractivity contribution in [1.29, 1.82) is 0 Å². The van der Waals surface area contributed by atoms with Crippen LogP contribution in [-0.2, 0) is 4.74 Å². The molecule has 2 atom stereocenters. The van der Waals surface area contributed by atoms with E-state index in [1.54, 1.807) is 0 Å². The van der Waals surface area contributed by atoms with E-state index in [2.05, 4.69) is 24.0 Å². The van der Waals surface area contributed by atoms with Crippen molar-refractivity contribution in [1.82, 2.24) is 10.2 Å². The fourth-order valence-corrected chi connectivity index (χ4v) is 4.49. The standard InChI is InChI=1S/C17H32N2O2S/c1-13(18-14-7-10-22-11-8-14)12-15-6-5-9-19(15)16(20)21-17(2,3)4/h13-15,18H,5-12H2,1-4H3. The molecule has 0 aromatic heterocycles. The smallest absolute Gasteiger partial charge is 0.410 e. The second kappa shape index (κ2) is 7.91. The topological polar surface area (TPSA) is 41.6 Å². The van der Waals surface area contributed by atoms with Crippen LogP contribution in [0, 0.1) is 0 Å². The lowest BCUT2D eigenvalue weighted by Gasteiger charge is -2.32.